The largest absolute Gasteiger partial charge is 0.496 e. The third-order valence-corrected chi connectivity index (χ3v) is 2.73. The van der Waals surface area contributed by atoms with E-state index >= 15 is 0 Å². The van der Waals surface area contributed by atoms with E-state index in [1.807, 2.05) is 6.07 Å². The molecule has 68 valence electrons. The summed E-state index contributed by atoms with van der Waals surface area (Å²) in [5.41, 5.74) is 2.58. The summed E-state index contributed by atoms with van der Waals surface area (Å²) in [6.07, 6.45) is 4.30. The minimum Gasteiger partial charge on any atom is -0.496 e. The highest BCUT2D eigenvalue weighted by atomic mass is 16.5. The Morgan fingerprint density at radius 2 is 1.71 bits per heavy atom. The second-order valence-corrected chi connectivity index (χ2v) is 3.46. The molecule has 0 heterocycles. The molecule has 14 heavy (non-hydrogen) atoms. The van der Waals surface area contributed by atoms with E-state index in [-0.39, 0.29) is 0 Å². The average Bonchev–Trinajstić information content (AvgIpc) is 2.65. The number of benzene rings is 2. The molecule has 1 nitrogen and oxygen atoms in total. The van der Waals surface area contributed by atoms with Gasteiger partial charge in [0.25, 0.3) is 0 Å². The molecule has 2 aromatic rings. The van der Waals surface area contributed by atoms with Crippen LogP contribution in [0.5, 0.6) is 5.75 Å². The fraction of sp³-hybridized carbons (Fsp3) is 0.0769. The molecule has 1 aliphatic carbocycles. The summed E-state index contributed by atoms with van der Waals surface area (Å²) in [7, 11) is 1.71. The lowest BCUT2D eigenvalue weighted by Gasteiger charge is -2.06. The van der Waals surface area contributed by atoms with Crippen LogP contribution in [0.25, 0.3) is 22.9 Å². The van der Waals surface area contributed by atoms with Crippen LogP contribution in [0.1, 0.15) is 11.1 Å². The maximum Gasteiger partial charge on any atom is 0.126 e. The van der Waals surface area contributed by atoms with Crippen molar-refractivity contribution in [3.63, 3.8) is 0 Å². The molecule has 1 aliphatic rings. The summed E-state index contributed by atoms with van der Waals surface area (Å²) >= 11 is 0. The van der Waals surface area contributed by atoms with E-state index in [4.69, 9.17) is 4.74 Å². The Morgan fingerprint density at radius 3 is 2.50 bits per heavy atom. The molecule has 2 aromatic carbocycles. The third kappa shape index (κ3) is 0.841. The van der Waals surface area contributed by atoms with E-state index < -0.39 is 0 Å². The smallest absolute Gasteiger partial charge is 0.126 e. The predicted molar refractivity (Wildman–Crippen MR) is 59.4 cm³/mol. The zero-order valence-electron chi connectivity index (χ0n) is 7.95. The molecule has 0 amide bonds. The molecule has 0 aromatic heterocycles. The van der Waals surface area contributed by atoms with Crippen molar-refractivity contribution < 1.29 is 4.74 Å². The molecule has 0 bridgehead atoms. The zero-order valence-corrected chi connectivity index (χ0v) is 7.95. The van der Waals surface area contributed by atoms with Gasteiger partial charge in [-0.05, 0) is 22.6 Å². The molecule has 0 unspecified atom stereocenters. The fourth-order valence-corrected chi connectivity index (χ4v) is 2.07. The van der Waals surface area contributed by atoms with Crippen molar-refractivity contribution in [1.82, 2.24) is 0 Å². The third-order valence-electron chi connectivity index (χ3n) is 2.73. The Balaban J connectivity index is 2.51. The van der Waals surface area contributed by atoms with Gasteiger partial charge in [-0.1, -0.05) is 36.4 Å². The summed E-state index contributed by atoms with van der Waals surface area (Å²) in [6.45, 7) is 0. The first-order valence-electron chi connectivity index (χ1n) is 4.68. The van der Waals surface area contributed by atoms with Gasteiger partial charge in [-0.3, -0.25) is 0 Å². The fourth-order valence-electron chi connectivity index (χ4n) is 2.07. The molecule has 0 spiro atoms. The molecule has 0 atom stereocenters. The van der Waals surface area contributed by atoms with E-state index in [0.29, 0.717) is 0 Å². The molecule has 0 aliphatic heterocycles. The Hall–Kier alpha value is -1.76. The maximum atomic E-state index is 5.34. The highest BCUT2D eigenvalue weighted by Gasteiger charge is 2.11. The summed E-state index contributed by atoms with van der Waals surface area (Å²) in [4.78, 5) is 0. The van der Waals surface area contributed by atoms with E-state index in [0.717, 1.165) is 5.75 Å². The van der Waals surface area contributed by atoms with Crippen molar-refractivity contribution in [1.29, 1.82) is 0 Å². The first kappa shape index (κ1) is 7.63. The van der Waals surface area contributed by atoms with Gasteiger partial charge in [-0.25, -0.2) is 0 Å². The number of hydrogen-bond donors (Lipinski definition) is 0. The molecule has 0 fully saturated rings. The zero-order chi connectivity index (χ0) is 9.54. The van der Waals surface area contributed by atoms with Gasteiger partial charge in [0.15, 0.2) is 0 Å². The molecule has 0 saturated heterocycles. The Morgan fingerprint density at radius 1 is 0.929 bits per heavy atom. The topological polar surface area (TPSA) is 9.23 Å². The number of hydrogen-bond acceptors (Lipinski definition) is 1. The first-order chi connectivity index (χ1) is 6.90. The van der Waals surface area contributed by atoms with Crippen LogP contribution < -0.4 is 4.74 Å². The van der Waals surface area contributed by atoms with Gasteiger partial charge in [-0.15, -0.1) is 0 Å². The summed E-state index contributed by atoms with van der Waals surface area (Å²) in [5, 5.41) is 2.51. The minimum absolute atomic E-state index is 0.953. The molecule has 0 N–H and O–H groups in total. The highest BCUT2D eigenvalue weighted by Crippen LogP contribution is 2.35. The lowest BCUT2D eigenvalue weighted by atomic mass is 10.0. The molecule has 3 rings (SSSR count). The number of rotatable bonds is 1. The monoisotopic (exact) mass is 182 g/mol. The van der Waals surface area contributed by atoms with E-state index in [2.05, 4.69) is 36.4 Å². The van der Waals surface area contributed by atoms with Crippen molar-refractivity contribution in [3.05, 3.63) is 41.5 Å². The summed E-state index contributed by atoms with van der Waals surface area (Å²) in [5.74, 6) is 0.953. The molecular formula is C13H10O. The van der Waals surface area contributed by atoms with Gasteiger partial charge in [0.1, 0.15) is 5.75 Å². The summed E-state index contributed by atoms with van der Waals surface area (Å²) < 4.78 is 5.34. The Bertz CT molecular complexity index is 526. The second kappa shape index (κ2) is 2.61. The minimum atomic E-state index is 0.953. The normalized spacial score (nSPS) is 12.4. The predicted octanol–water partition coefficient (Wildman–Crippen LogP) is 3.33. The van der Waals surface area contributed by atoms with E-state index in [1.165, 1.54) is 21.9 Å². The Labute approximate surface area is 82.6 Å². The van der Waals surface area contributed by atoms with E-state index in [9.17, 15) is 0 Å². The molecule has 0 saturated carbocycles. The molecule has 0 radical (unpaired) electrons. The van der Waals surface area contributed by atoms with Crippen molar-refractivity contribution >= 4 is 22.9 Å². The van der Waals surface area contributed by atoms with Crippen molar-refractivity contribution in [3.8, 4) is 5.75 Å². The van der Waals surface area contributed by atoms with Gasteiger partial charge in [0, 0.05) is 5.39 Å². The van der Waals surface area contributed by atoms with Crippen LogP contribution in [0.2, 0.25) is 0 Å². The van der Waals surface area contributed by atoms with Gasteiger partial charge in [0.05, 0.1) is 7.11 Å². The molecular weight excluding hydrogens is 172 g/mol. The van der Waals surface area contributed by atoms with Crippen molar-refractivity contribution in [2.45, 2.75) is 0 Å². The quantitative estimate of drug-likeness (QED) is 0.561. The Kier molecular flexibility index (Phi) is 1.42. The average molecular weight is 182 g/mol. The van der Waals surface area contributed by atoms with E-state index in [1.54, 1.807) is 7.11 Å². The first-order valence-corrected chi connectivity index (χ1v) is 4.68. The lowest BCUT2D eigenvalue weighted by molar-refractivity contribution is 0.420. The summed E-state index contributed by atoms with van der Waals surface area (Å²) in [6, 6.07) is 10.4. The van der Waals surface area contributed by atoms with Gasteiger partial charge < -0.3 is 4.74 Å². The second-order valence-electron chi connectivity index (χ2n) is 3.46. The highest BCUT2D eigenvalue weighted by molar-refractivity contribution is 6.06. The van der Waals surface area contributed by atoms with Crippen LogP contribution in [0, 0.1) is 0 Å². The van der Waals surface area contributed by atoms with Crippen LogP contribution in [0.15, 0.2) is 30.3 Å². The van der Waals surface area contributed by atoms with Crippen LogP contribution in [-0.4, -0.2) is 7.11 Å². The van der Waals surface area contributed by atoms with Crippen LogP contribution in [0.3, 0.4) is 0 Å². The van der Waals surface area contributed by atoms with Gasteiger partial charge >= 0.3 is 0 Å². The number of ether oxygens (including phenoxy) is 1. The van der Waals surface area contributed by atoms with Crippen LogP contribution >= 0.6 is 0 Å². The van der Waals surface area contributed by atoms with Crippen LogP contribution in [-0.2, 0) is 0 Å². The SMILES string of the molecule is COc1ccc2c3c(cccc13)C=C2. The van der Waals surface area contributed by atoms with Crippen molar-refractivity contribution in [2.24, 2.45) is 0 Å². The standard InChI is InChI=1S/C13H10O/c1-14-12-8-7-10-6-5-9-3-2-4-11(12)13(9)10/h2-8H,1H3. The van der Waals surface area contributed by atoms with Crippen LogP contribution in [0.4, 0.5) is 0 Å². The van der Waals surface area contributed by atoms with Crippen molar-refractivity contribution in [2.75, 3.05) is 7.11 Å². The number of methoxy groups -OCH3 is 1. The van der Waals surface area contributed by atoms with Gasteiger partial charge in [-0.2, -0.15) is 0 Å². The lowest BCUT2D eigenvalue weighted by Crippen LogP contribution is -1.86. The van der Waals surface area contributed by atoms with Gasteiger partial charge in [0.2, 0.25) is 0 Å². The maximum absolute atomic E-state index is 5.34. The molecule has 1 heteroatoms.